The molecule has 2 N–H and O–H groups in total. The lowest BCUT2D eigenvalue weighted by molar-refractivity contribution is 0.0170. The van der Waals surface area contributed by atoms with E-state index in [2.05, 4.69) is 40.4 Å². The number of hydrogen-bond donors (Lipinski definition) is 2. The Bertz CT molecular complexity index is 521. The molecule has 136 valence electrons. The fourth-order valence-electron chi connectivity index (χ4n) is 2.73. The molecule has 7 heteroatoms. The van der Waals surface area contributed by atoms with Gasteiger partial charge in [-0.25, -0.2) is 0 Å². The Kier molecular flexibility index (Phi) is 9.95. The van der Waals surface area contributed by atoms with E-state index in [1.54, 1.807) is 7.05 Å². The van der Waals surface area contributed by atoms with Crippen molar-refractivity contribution in [1.29, 1.82) is 0 Å². The van der Waals surface area contributed by atoms with Gasteiger partial charge in [0.05, 0.1) is 19.3 Å². The van der Waals surface area contributed by atoms with Gasteiger partial charge in [-0.3, -0.25) is 9.89 Å². The molecule has 24 heavy (non-hydrogen) atoms. The Balaban J connectivity index is 0.00000288. The fraction of sp³-hybridized carbons (Fsp3) is 0.588. The van der Waals surface area contributed by atoms with Gasteiger partial charge in [-0.2, -0.15) is 0 Å². The number of nitrogens with one attached hydrogen (secondary N) is 2. The molecule has 0 bridgehead atoms. The number of rotatable bonds is 5. The molecule has 1 aromatic rings. The second-order valence-corrected chi connectivity index (χ2v) is 6.35. The summed E-state index contributed by atoms with van der Waals surface area (Å²) in [5.41, 5.74) is 1.14. The lowest BCUT2D eigenvalue weighted by atomic mass is 10.0. The molecular formula is C17H28ClIN4O. The molecule has 0 saturated carbocycles. The summed E-state index contributed by atoms with van der Waals surface area (Å²) in [4.78, 5) is 6.70. The first-order chi connectivity index (χ1) is 11.1. The minimum atomic E-state index is 0. The molecule has 5 nitrogen and oxygen atoms in total. The predicted molar refractivity (Wildman–Crippen MR) is 112 cm³/mol. The SMILES string of the molecule is CN=C(NCC(c1ccccc1Cl)N1CCOCC1)NC(C)C.I. The average molecular weight is 467 g/mol. The number of aliphatic imine (C=N–C) groups is 1. The topological polar surface area (TPSA) is 48.9 Å². The zero-order valence-corrected chi connectivity index (χ0v) is 17.7. The van der Waals surface area contributed by atoms with E-state index in [4.69, 9.17) is 16.3 Å². The van der Waals surface area contributed by atoms with E-state index < -0.39 is 0 Å². The second kappa shape index (κ2) is 11.1. The van der Waals surface area contributed by atoms with Gasteiger partial charge in [0.2, 0.25) is 0 Å². The Morgan fingerprint density at radius 2 is 1.96 bits per heavy atom. The number of nitrogens with zero attached hydrogens (tertiary/aromatic N) is 2. The predicted octanol–water partition coefficient (Wildman–Crippen LogP) is 2.90. The maximum absolute atomic E-state index is 6.44. The van der Waals surface area contributed by atoms with Crippen LogP contribution in [0.2, 0.25) is 5.02 Å². The molecule has 1 saturated heterocycles. The summed E-state index contributed by atoms with van der Waals surface area (Å²) < 4.78 is 5.48. The van der Waals surface area contributed by atoms with Gasteiger partial charge in [0, 0.05) is 37.7 Å². The van der Waals surface area contributed by atoms with Crippen LogP contribution in [0.5, 0.6) is 0 Å². The molecule has 2 rings (SSSR count). The molecular weight excluding hydrogens is 439 g/mol. The smallest absolute Gasteiger partial charge is 0.191 e. The molecule has 1 aromatic carbocycles. The molecule has 1 fully saturated rings. The van der Waals surface area contributed by atoms with Gasteiger partial charge in [0.15, 0.2) is 5.96 Å². The van der Waals surface area contributed by atoms with Crippen molar-refractivity contribution in [1.82, 2.24) is 15.5 Å². The van der Waals surface area contributed by atoms with E-state index in [9.17, 15) is 0 Å². The van der Waals surface area contributed by atoms with Crippen LogP contribution >= 0.6 is 35.6 Å². The zero-order chi connectivity index (χ0) is 16.7. The molecule has 1 unspecified atom stereocenters. The summed E-state index contributed by atoms with van der Waals surface area (Å²) in [6.45, 7) is 8.29. The first-order valence-electron chi connectivity index (χ1n) is 8.15. The van der Waals surface area contributed by atoms with Crippen molar-refractivity contribution in [2.45, 2.75) is 25.9 Å². The van der Waals surface area contributed by atoms with Gasteiger partial charge >= 0.3 is 0 Å². The summed E-state index contributed by atoms with van der Waals surface area (Å²) in [6.07, 6.45) is 0. The maximum atomic E-state index is 6.44. The Hall–Kier alpha value is -0.570. The quantitative estimate of drug-likeness (QED) is 0.398. The van der Waals surface area contributed by atoms with Crippen LogP contribution in [0.1, 0.15) is 25.5 Å². The highest BCUT2D eigenvalue weighted by Crippen LogP contribution is 2.27. The van der Waals surface area contributed by atoms with Crippen LogP contribution in [-0.4, -0.2) is 56.8 Å². The number of halogens is 2. The zero-order valence-electron chi connectivity index (χ0n) is 14.6. The van der Waals surface area contributed by atoms with Gasteiger partial charge in [0.25, 0.3) is 0 Å². The van der Waals surface area contributed by atoms with Crippen LogP contribution < -0.4 is 10.6 Å². The van der Waals surface area contributed by atoms with E-state index in [0.717, 1.165) is 49.4 Å². The molecule has 0 aliphatic carbocycles. The third kappa shape index (κ3) is 6.38. The highest BCUT2D eigenvalue weighted by Gasteiger charge is 2.24. The summed E-state index contributed by atoms with van der Waals surface area (Å²) in [6, 6.07) is 8.58. The van der Waals surface area contributed by atoms with Crippen molar-refractivity contribution in [3.05, 3.63) is 34.9 Å². The van der Waals surface area contributed by atoms with Gasteiger partial charge in [0.1, 0.15) is 0 Å². The van der Waals surface area contributed by atoms with E-state index in [0.29, 0.717) is 6.04 Å². The maximum Gasteiger partial charge on any atom is 0.191 e. The first-order valence-corrected chi connectivity index (χ1v) is 8.53. The van der Waals surface area contributed by atoms with Gasteiger partial charge in [-0.15, -0.1) is 24.0 Å². The van der Waals surface area contributed by atoms with Crippen molar-refractivity contribution >= 4 is 41.5 Å². The highest BCUT2D eigenvalue weighted by atomic mass is 127. The van der Waals surface area contributed by atoms with Crippen molar-refractivity contribution in [2.24, 2.45) is 4.99 Å². The lowest BCUT2D eigenvalue weighted by Gasteiger charge is -2.35. The van der Waals surface area contributed by atoms with Crippen molar-refractivity contribution in [3.8, 4) is 0 Å². The largest absolute Gasteiger partial charge is 0.379 e. The summed E-state index contributed by atoms with van der Waals surface area (Å²) in [7, 11) is 1.79. The van der Waals surface area contributed by atoms with Crippen molar-refractivity contribution in [3.63, 3.8) is 0 Å². The van der Waals surface area contributed by atoms with Gasteiger partial charge in [-0.1, -0.05) is 29.8 Å². The van der Waals surface area contributed by atoms with Crippen molar-refractivity contribution < 1.29 is 4.74 Å². The monoisotopic (exact) mass is 466 g/mol. The molecule has 0 aromatic heterocycles. The molecule has 1 aliphatic heterocycles. The number of ether oxygens (including phenoxy) is 1. The Morgan fingerprint density at radius 3 is 2.54 bits per heavy atom. The summed E-state index contributed by atoms with van der Waals surface area (Å²) in [5, 5.41) is 7.54. The molecule has 1 aliphatic rings. The van der Waals surface area contributed by atoms with E-state index in [1.807, 2.05) is 18.2 Å². The second-order valence-electron chi connectivity index (χ2n) is 5.94. The van der Waals surface area contributed by atoms with Gasteiger partial charge < -0.3 is 15.4 Å². The van der Waals surface area contributed by atoms with Crippen LogP contribution in [0.3, 0.4) is 0 Å². The van der Waals surface area contributed by atoms with Crippen LogP contribution in [0.4, 0.5) is 0 Å². The van der Waals surface area contributed by atoms with Gasteiger partial charge in [-0.05, 0) is 25.5 Å². The third-order valence-electron chi connectivity index (χ3n) is 3.86. The minimum Gasteiger partial charge on any atom is -0.379 e. The lowest BCUT2D eigenvalue weighted by Crippen LogP contribution is -2.47. The van der Waals surface area contributed by atoms with Crippen molar-refractivity contribution in [2.75, 3.05) is 39.9 Å². The summed E-state index contributed by atoms with van der Waals surface area (Å²) in [5.74, 6) is 0.810. The molecule has 1 heterocycles. The fourth-order valence-corrected chi connectivity index (χ4v) is 2.99. The minimum absolute atomic E-state index is 0. The Morgan fingerprint density at radius 1 is 1.29 bits per heavy atom. The molecule has 0 radical (unpaired) electrons. The van der Waals surface area contributed by atoms with E-state index in [-0.39, 0.29) is 30.0 Å². The number of hydrogen-bond acceptors (Lipinski definition) is 3. The van der Waals surface area contributed by atoms with Crippen LogP contribution in [0.25, 0.3) is 0 Å². The molecule has 0 spiro atoms. The number of guanidine groups is 1. The van der Waals surface area contributed by atoms with Crippen LogP contribution in [0, 0.1) is 0 Å². The molecule has 1 atom stereocenters. The standard InChI is InChI=1S/C17H27ClN4O.HI/c1-13(2)21-17(19-3)20-12-16(22-8-10-23-11-9-22)14-6-4-5-7-15(14)18;/h4-7,13,16H,8-12H2,1-3H3,(H2,19,20,21);1H. The first kappa shape index (κ1) is 21.5. The van der Waals surface area contributed by atoms with E-state index >= 15 is 0 Å². The van der Waals surface area contributed by atoms with Crippen LogP contribution in [0.15, 0.2) is 29.3 Å². The third-order valence-corrected chi connectivity index (χ3v) is 4.21. The number of morpholine rings is 1. The van der Waals surface area contributed by atoms with Crippen LogP contribution in [-0.2, 0) is 4.74 Å². The van der Waals surface area contributed by atoms with E-state index in [1.165, 1.54) is 0 Å². The molecule has 0 amide bonds. The number of benzene rings is 1. The normalized spacial score (nSPS) is 17.3. The summed E-state index contributed by atoms with van der Waals surface area (Å²) >= 11 is 6.44. The highest BCUT2D eigenvalue weighted by molar-refractivity contribution is 14.0. The Labute approximate surface area is 167 Å². The average Bonchev–Trinajstić information content (AvgIpc) is 2.56.